The molecule has 0 atom stereocenters. The minimum absolute atomic E-state index is 0.0504. The van der Waals surface area contributed by atoms with Crippen molar-refractivity contribution in [1.82, 2.24) is 0 Å². The van der Waals surface area contributed by atoms with E-state index in [9.17, 15) is 4.79 Å². The third-order valence-corrected chi connectivity index (χ3v) is 1.12. The third-order valence-electron chi connectivity index (χ3n) is 0.634. The average Bonchev–Trinajstić information content (AvgIpc) is 1.64. The van der Waals surface area contributed by atoms with Crippen molar-refractivity contribution in [2.45, 2.75) is 6.92 Å². The van der Waals surface area contributed by atoms with Crippen LogP contribution in [-0.4, -0.2) is 5.78 Å². The van der Waals surface area contributed by atoms with Crippen LogP contribution in [0, 0.1) is 0 Å². The molecule has 0 bridgehead atoms. The number of halogens is 1. The van der Waals surface area contributed by atoms with E-state index in [4.69, 9.17) is 0 Å². The van der Waals surface area contributed by atoms with Crippen molar-refractivity contribution in [3.8, 4) is 0 Å². The van der Waals surface area contributed by atoms with Crippen LogP contribution in [0.3, 0.4) is 0 Å². The van der Waals surface area contributed by atoms with Crippen molar-refractivity contribution in [3.63, 3.8) is 0 Å². The molecule has 2 heteroatoms. The first kappa shape index (κ1) is 7.88. The van der Waals surface area contributed by atoms with Crippen LogP contribution in [0.4, 0.5) is 0 Å². The highest BCUT2D eigenvalue weighted by Crippen LogP contribution is 2.07. The molecule has 0 aromatic rings. The Bertz CT molecular complexity index is 131. The summed E-state index contributed by atoms with van der Waals surface area (Å²) in [7, 11) is 0. The molecule has 0 fully saturated rings. The molecular weight excluding hydrogens is 215 g/mol. The zero-order valence-electron chi connectivity index (χ0n) is 4.70. The molecule has 0 aliphatic carbocycles. The summed E-state index contributed by atoms with van der Waals surface area (Å²) in [4.78, 5) is 10.6. The van der Waals surface area contributed by atoms with Crippen LogP contribution in [0.5, 0.6) is 0 Å². The fraction of sp³-hybridized carbons (Fsp3) is 0.167. The van der Waals surface area contributed by atoms with E-state index >= 15 is 0 Å². The van der Waals surface area contributed by atoms with Gasteiger partial charge in [0.15, 0.2) is 5.78 Å². The number of Topliss-reactive ketones (excluding diaryl/α,β-unsaturated/α-hetero) is 1. The molecule has 0 rings (SSSR count). The molecule has 0 aliphatic rings. The number of hydrogen-bond donors (Lipinski definition) is 0. The maximum Gasteiger partial charge on any atom is 0.193 e. The van der Waals surface area contributed by atoms with Gasteiger partial charge in [-0.2, -0.15) is 0 Å². The second-order valence-electron chi connectivity index (χ2n) is 1.51. The van der Waals surface area contributed by atoms with Gasteiger partial charge in [-0.15, -0.1) is 0 Å². The molecule has 44 valence electrons. The number of rotatable bonds is 2. The zero-order chi connectivity index (χ0) is 6.73. The van der Waals surface area contributed by atoms with Crippen molar-refractivity contribution < 1.29 is 4.79 Å². The predicted octanol–water partition coefficient (Wildman–Crippen LogP) is 2.08. The first-order chi connectivity index (χ1) is 3.55. The summed E-state index contributed by atoms with van der Waals surface area (Å²) in [6.07, 6.45) is 0. The Balaban J connectivity index is 4.05. The lowest BCUT2D eigenvalue weighted by atomic mass is 10.2. The molecule has 0 saturated carbocycles. The van der Waals surface area contributed by atoms with Gasteiger partial charge in [0.2, 0.25) is 0 Å². The van der Waals surface area contributed by atoms with E-state index < -0.39 is 0 Å². The van der Waals surface area contributed by atoms with E-state index in [-0.39, 0.29) is 5.78 Å². The molecule has 0 aromatic carbocycles. The lowest BCUT2D eigenvalue weighted by Gasteiger charge is -1.91. The highest BCUT2D eigenvalue weighted by atomic mass is 127. The van der Waals surface area contributed by atoms with Crippen LogP contribution in [-0.2, 0) is 4.79 Å². The fourth-order valence-electron chi connectivity index (χ4n) is 0.232. The molecule has 0 N–H and O–H groups in total. The van der Waals surface area contributed by atoms with Gasteiger partial charge in [0.25, 0.3) is 0 Å². The number of allylic oxidation sites excluding steroid dienone is 2. The second-order valence-corrected chi connectivity index (χ2v) is 2.82. The number of ketones is 1. The number of carbonyl (C=O) groups excluding carboxylic acids is 1. The minimum atomic E-state index is -0.0504. The topological polar surface area (TPSA) is 17.1 Å². The van der Waals surface area contributed by atoms with E-state index in [2.05, 4.69) is 13.2 Å². The SMILES string of the molecule is C=C(C)C(=O)C(=C)I. The van der Waals surface area contributed by atoms with Gasteiger partial charge < -0.3 is 0 Å². The van der Waals surface area contributed by atoms with Crippen LogP contribution in [0.2, 0.25) is 0 Å². The normalized spacial score (nSPS) is 8.25. The Labute approximate surface area is 62.6 Å². The predicted molar refractivity (Wildman–Crippen MR) is 43.0 cm³/mol. The molecule has 1 nitrogen and oxygen atoms in total. The second kappa shape index (κ2) is 3.02. The standard InChI is InChI=1S/C6H7IO/c1-4(2)6(8)5(3)7/h1,3H2,2H3. The summed E-state index contributed by atoms with van der Waals surface area (Å²) < 4.78 is 0.523. The molecule has 0 amide bonds. The van der Waals surface area contributed by atoms with Gasteiger partial charge >= 0.3 is 0 Å². The summed E-state index contributed by atoms with van der Waals surface area (Å²) in [6.45, 7) is 8.59. The first-order valence-corrected chi connectivity index (χ1v) is 3.18. The van der Waals surface area contributed by atoms with Gasteiger partial charge in [-0.3, -0.25) is 4.79 Å². The van der Waals surface area contributed by atoms with Gasteiger partial charge in [0.05, 0.1) is 3.58 Å². The molecule has 0 spiro atoms. The molecule has 0 saturated heterocycles. The zero-order valence-corrected chi connectivity index (χ0v) is 6.86. The van der Waals surface area contributed by atoms with E-state index in [1.54, 1.807) is 6.92 Å². The quantitative estimate of drug-likeness (QED) is 0.516. The monoisotopic (exact) mass is 222 g/mol. The maximum absolute atomic E-state index is 10.6. The summed E-state index contributed by atoms with van der Waals surface area (Å²) in [5.41, 5.74) is 0.546. The Morgan fingerprint density at radius 1 is 1.50 bits per heavy atom. The molecule has 0 aromatic heterocycles. The summed E-state index contributed by atoms with van der Waals surface area (Å²) in [5, 5.41) is 0. The molecule has 0 heterocycles. The average molecular weight is 222 g/mol. The van der Waals surface area contributed by atoms with Gasteiger partial charge in [-0.1, -0.05) is 13.2 Å². The van der Waals surface area contributed by atoms with E-state index in [0.717, 1.165) is 0 Å². The minimum Gasteiger partial charge on any atom is -0.289 e. The fourth-order valence-corrected chi connectivity index (χ4v) is 0.692. The summed E-state index contributed by atoms with van der Waals surface area (Å²) in [6, 6.07) is 0. The van der Waals surface area contributed by atoms with Crippen LogP contribution in [0.15, 0.2) is 22.3 Å². The third kappa shape index (κ3) is 2.26. The first-order valence-electron chi connectivity index (χ1n) is 2.10. The van der Waals surface area contributed by atoms with Crippen molar-refractivity contribution in [1.29, 1.82) is 0 Å². The van der Waals surface area contributed by atoms with Crippen LogP contribution >= 0.6 is 22.6 Å². The molecule has 8 heavy (non-hydrogen) atoms. The van der Waals surface area contributed by atoms with Crippen LogP contribution in [0.25, 0.3) is 0 Å². The largest absolute Gasteiger partial charge is 0.289 e. The lowest BCUT2D eigenvalue weighted by Crippen LogP contribution is -1.94. The Morgan fingerprint density at radius 2 is 1.88 bits per heavy atom. The van der Waals surface area contributed by atoms with Crippen molar-refractivity contribution in [2.75, 3.05) is 0 Å². The van der Waals surface area contributed by atoms with Crippen molar-refractivity contribution in [2.24, 2.45) is 0 Å². The molecular formula is C6H7IO. The van der Waals surface area contributed by atoms with Gasteiger partial charge in [0.1, 0.15) is 0 Å². The smallest absolute Gasteiger partial charge is 0.193 e. The van der Waals surface area contributed by atoms with Crippen molar-refractivity contribution in [3.05, 3.63) is 22.3 Å². The Morgan fingerprint density at radius 3 is 1.88 bits per heavy atom. The molecule has 0 aliphatic heterocycles. The van der Waals surface area contributed by atoms with Crippen LogP contribution in [0.1, 0.15) is 6.92 Å². The number of hydrogen-bond acceptors (Lipinski definition) is 1. The lowest BCUT2D eigenvalue weighted by molar-refractivity contribution is -0.111. The van der Waals surface area contributed by atoms with Gasteiger partial charge in [-0.05, 0) is 35.1 Å². The van der Waals surface area contributed by atoms with Gasteiger partial charge in [0, 0.05) is 0 Å². The van der Waals surface area contributed by atoms with E-state index in [1.165, 1.54) is 0 Å². The van der Waals surface area contributed by atoms with E-state index in [1.807, 2.05) is 22.6 Å². The van der Waals surface area contributed by atoms with E-state index in [0.29, 0.717) is 9.15 Å². The van der Waals surface area contributed by atoms with Crippen molar-refractivity contribution >= 4 is 28.4 Å². The van der Waals surface area contributed by atoms with Gasteiger partial charge in [-0.25, -0.2) is 0 Å². The summed E-state index contributed by atoms with van der Waals surface area (Å²) >= 11 is 1.88. The molecule has 0 unspecified atom stereocenters. The highest BCUT2D eigenvalue weighted by Gasteiger charge is 2.01. The summed E-state index contributed by atoms with van der Waals surface area (Å²) in [5.74, 6) is -0.0504. The molecule has 0 radical (unpaired) electrons. The van der Waals surface area contributed by atoms with Crippen LogP contribution < -0.4 is 0 Å². The Kier molecular flexibility index (Phi) is 2.97. The maximum atomic E-state index is 10.6. The number of carbonyl (C=O) groups is 1. The Hall–Kier alpha value is -0.120. The highest BCUT2D eigenvalue weighted by molar-refractivity contribution is 14.1.